The van der Waals surface area contributed by atoms with Gasteiger partial charge in [-0.1, -0.05) is 84.1 Å². The molecule has 1 aliphatic heterocycles. The van der Waals surface area contributed by atoms with Gasteiger partial charge in [-0.05, 0) is 30.7 Å². The first-order valence-corrected chi connectivity index (χ1v) is 12.8. The third-order valence-corrected chi connectivity index (χ3v) is 7.04. The van der Waals surface area contributed by atoms with Crippen molar-refractivity contribution < 1.29 is 14.5 Å². The lowest BCUT2D eigenvalue weighted by molar-refractivity contribution is -0.893. The van der Waals surface area contributed by atoms with Crippen molar-refractivity contribution >= 4 is 35.3 Å². The standard InChI is InChI=1S/C29H31N3O2S/c1-22-13-15-23(16-14-22)19-27-29(34)32(25-11-6-7-12-26(25)35-27)21-28(33)30-17-8-18-31(2)20-24-9-4-3-5-10-24/h3-7,9-16,19H,8,17-18,20-21H2,1-2H3,(H,30,33)/p+1. The molecule has 0 saturated carbocycles. The molecule has 0 saturated heterocycles. The fraction of sp³-hybridized carbons (Fsp3) is 0.241. The normalized spacial score (nSPS) is 15.1. The Hall–Kier alpha value is -3.35. The Labute approximate surface area is 211 Å². The maximum absolute atomic E-state index is 13.3. The van der Waals surface area contributed by atoms with Gasteiger partial charge in [0, 0.05) is 23.4 Å². The first-order valence-electron chi connectivity index (χ1n) is 12.0. The summed E-state index contributed by atoms with van der Waals surface area (Å²) in [6.45, 7) is 4.56. The first kappa shape index (κ1) is 24.8. The van der Waals surface area contributed by atoms with E-state index in [9.17, 15) is 9.59 Å². The van der Waals surface area contributed by atoms with Gasteiger partial charge >= 0.3 is 0 Å². The van der Waals surface area contributed by atoms with Gasteiger partial charge in [-0.2, -0.15) is 0 Å². The predicted molar refractivity (Wildman–Crippen MR) is 143 cm³/mol. The third kappa shape index (κ3) is 6.84. The maximum Gasteiger partial charge on any atom is 0.265 e. The highest BCUT2D eigenvalue weighted by atomic mass is 32.2. The Morgan fingerprint density at radius 3 is 2.49 bits per heavy atom. The van der Waals surface area contributed by atoms with Crippen LogP contribution < -0.4 is 15.1 Å². The highest BCUT2D eigenvalue weighted by molar-refractivity contribution is 8.04. The molecule has 3 aromatic rings. The quantitative estimate of drug-likeness (QED) is 0.358. The molecule has 1 aliphatic rings. The molecule has 0 radical (unpaired) electrons. The fourth-order valence-electron chi connectivity index (χ4n) is 4.08. The molecule has 6 heteroatoms. The lowest BCUT2D eigenvalue weighted by Gasteiger charge is -2.29. The van der Waals surface area contributed by atoms with E-state index in [0.717, 1.165) is 35.7 Å². The maximum atomic E-state index is 13.3. The molecule has 2 N–H and O–H groups in total. The van der Waals surface area contributed by atoms with E-state index in [0.29, 0.717) is 11.4 Å². The summed E-state index contributed by atoms with van der Waals surface area (Å²) in [5, 5.41) is 3.00. The van der Waals surface area contributed by atoms with Crippen molar-refractivity contribution in [2.24, 2.45) is 0 Å². The highest BCUT2D eigenvalue weighted by Gasteiger charge is 2.30. The van der Waals surface area contributed by atoms with Crippen LogP contribution in [0.25, 0.3) is 6.08 Å². The number of aryl methyl sites for hydroxylation is 1. The zero-order valence-electron chi connectivity index (χ0n) is 20.3. The predicted octanol–water partition coefficient (Wildman–Crippen LogP) is 3.70. The topological polar surface area (TPSA) is 53.9 Å². The van der Waals surface area contributed by atoms with Crippen LogP contribution in [0.15, 0.2) is 88.7 Å². The van der Waals surface area contributed by atoms with Gasteiger partial charge in [0.25, 0.3) is 5.91 Å². The summed E-state index contributed by atoms with van der Waals surface area (Å²) in [7, 11) is 2.16. The van der Waals surface area contributed by atoms with E-state index in [1.165, 1.54) is 27.8 Å². The number of rotatable bonds is 9. The molecule has 3 aromatic carbocycles. The summed E-state index contributed by atoms with van der Waals surface area (Å²) in [6.07, 6.45) is 2.78. The number of thioether (sulfide) groups is 1. The molecule has 0 spiro atoms. The van der Waals surface area contributed by atoms with Crippen LogP contribution in [0.1, 0.15) is 23.1 Å². The molecule has 0 fully saturated rings. The van der Waals surface area contributed by atoms with E-state index in [4.69, 9.17) is 0 Å². The van der Waals surface area contributed by atoms with Crippen molar-refractivity contribution in [2.45, 2.75) is 24.8 Å². The number of amides is 2. The van der Waals surface area contributed by atoms with Crippen LogP contribution in [0.4, 0.5) is 5.69 Å². The molecule has 0 aliphatic carbocycles. The van der Waals surface area contributed by atoms with Crippen molar-refractivity contribution in [2.75, 3.05) is 31.6 Å². The molecule has 1 atom stereocenters. The Morgan fingerprint density at radius 1 is 1.00 bits per heavy atom. The summed E-state index contributed by atoms with van der Waals surface area (Å²) >= 11 is 1.46. The fourth-order valence-corrected chi connectivity index (χ4v) is 5.14. The van der Waals surface area contributed by atoms with E-state index in [1.54, 1.807) is 4.90 Å². The lowest BCUT2D eigenvalue weighted by atomic mass is 10.1. The van der Waals surface area contributed by atoms with Crippen LogP contribution in [-0.4, -0.2) is 38.5 Å². The number of quaternary nitrogens is 1. The molecule has 35 heavy (non-hydrogen) atoms. The van der Waals surface area contributed by atoms with Crippen molar-refractivity contribution in [3.63, 3.8) is 0 Å². The molecule has 0 bridgehead atoms. The van der Waals surface area contributed by atoms with Crippen LogP contribution in [-0.2, 0) is 16.1 Å². The Kier molecular flexibility index (Phi) is 8.40. The van der Waals surface area contributed by atoms with Crippen molar-refractivity contribution in [1.82, 2.24) is 5.32 Å². The zero-order valence-corrected chi connectivity index (χ0v) is 21.1. The molecule has 1 unspecified atom stereocenters. The van der Waals surface area contributed by atoms with E-state index < -0.39 is 0 Å². The second-order valence-corrected chi connectivity index (χ2v) is 10.0. The van der Waals surface area contributed by atoms with Gasteiger partial charge < -0.3 is 10.2 Å². The molecule has 1 heterocycles. The van der Waals surface area contributed by atoms with Crippen LogP contribution in [0, 0.1) is 6.92 Å². The number of carbonyl (C=O) groups excluding carboxylic acids is 2. The van der Waals surface area contributed by atoms with Crippen LogP contribution in [0.3, 0.4) is 0 Å². The van der Waals surface area contributed by atoms with Crippen molar-refractivity contribution in [1.29, 1.82) is 0 Å². The number of nitrogens with one attached hydrogen (secondary N) is 2. The highest BCUT2D eigenvalue weighted by Crippen LogP contribution is 2.41. The zero-order chi connectivity index (χ0) is 24.6. The number of hydrogen-bond acceptors (Lipinski definition) is 3. The van der Waals surface area contributed by atoms with Crippen LogP contribution in [0.5, 0.6) is 0 Å². The number of hydrogen-bond donors (Lipinski definition) is 2. The van der Waals surface area contributed by atoms with Crippen LogP contribution in [0.2, 0.25) is 0 Å². The molecular formula is C29H32N3O2S+. The Balaban J connectivity index is 1.35. The number of nitrogens with zero attached hydrogens (tertiary/aromatic N) is 1. The minimum absolute atomic E-state index is 0.00829. The summed E-state index contributed by atoms with van der Waals surface area (Å²) in [6, 6.07) is 26.2. The van der Waals surface area contributed by atoms with Crippen molar-refractivity contribution in [3.8, 4) is 0 Å². The van der Waals surface area contributed by atoms with E-state index in [1.807, 2.05) is 67.6 Å². The summed E-state index contributed by atoms with van der Waals surface area (Å²) in [4.78, 5) is 30.7. The summed E-state index contributed by atoms with van der Waals surface area (Å²) < 4.78 is 0. The van der Waals surface area contributed by atoms with E-state index in [2.05, 4.69) is 36.6 Å². The van der Waals surface area contributed by atoms with Gasteiger partial charge in [-0.15, -0.1) is 0 Å². The number of fused-ring (bicyclic) bond motifs is 1. The monoisotopic (exact) mass is 486 g/mol. The number of anilines is 1. The van der Waals surface area contributed by atoms with E-state index in [-0.39, 0.29) is 18.4 Å². The first-order chi connectivity index (χ1) is 17.0. The average Bonchev–Trinajstić information content (AvgIpc) is 2.86. The van der Waals surface area contributed by atoms with Crippen LogP contribution >= 0.6 is 11.8 Å². The van der Waals surface area contributed by atoms with Gasteiger partial charge in [-0.3, -0.25) is 14.5 Å². The molecule has 0 aromatic heterocycles. The lowest BCUT2D eigenvalue weighted by Crippen LogP contribution is -3.07. The summed E-state index contributed by atoms with van der Waals surface area (Å²) in [5.41, 5.74) is 4.23. The Morgan fingerprint density at radius 2 is 1.71 bits per heavy atom. The number of carbonyl (C=O) groups is 2. The molecule has 2 amide bonds. The Bertz CT molecular complexity index is 1190. The van der Waals surface area contributed by atoms with Gasteiger partial charge in [0.1, 0.15) is 13.1 Å². The number of para-hydroxylation sites is 1. The molecule has 4 rings (SSSR count). The molecule has 180 valence electrons. The SMILES string of the molecule is Cc1ccc(C=C2Sc3ccccc3N(CC(=O)NCCC[NH+](C)Cc3ccccc3)C2=O)cc1. The average molecular weight is 487 g/mol. The second kappa shape index (κ2) is 11.9. The van der Waals surface area contributed by atoms with E-state index >= 15 is 0 Å². The van der Waals surface area contributed by atoms with Gasteiger partial charge in [0.05, 0.1) is 24.2 Å². The third-order valence-electron chi connectivity index (χ3n) is 5.96. The van der Waals surface area contributed by atoms with Gasteiger partial charge in [-0.25, -0.2) is 0 Å². The van der Waals surface area contributed by atoms with Gasteiger partial charge in [0.2, 0.25) is 5.91 Å². The largest absolute Gasteiger partial charge is 0.354 e. The van der Waals surface area contributed by atoms with Crippen molar-refractivity contribution in [3.05, 3.63) is 100 Å². The van der Waals surface area contributed by atoms with Gasteiger partial charge in [0.15, 0.2) is 0 Å². The molecule has 5 nitrogen and oxygen atoms in total. The molecular weight excluding hydrogens is 454 g/mol. The second-order valence-electron chi connectivity index (χ2n) is 8.95. The minimum Gasteiger partial charge on any atom is -0.354 e. The minimum atomic E-state index is -0.143. The number of benzene rings is 3. The summed E-state index contributed by atoms with van der Waals surface area (Å²) in [5.74, 6) is -0.285. The smallest absolute Gasteiger partial charge is 0.265 e.